The van der Waals surface area contributed by atoms with Crippen LogP contribution in [0.5, 0.6) is 11.5 Å². The number of benzene rings is 1. The summed E-state index contributed by atoms with van der Waals surface area (Å²) in [5, 5.41) is 13.4. The van der Waals surface area contributed by atoms with Crippen LogP contribution in [0.25, 0.3) is 5.82 Å². The smallest absolute Gasteiger partial charge is 0.306 e. The van der Waals surface area contributed by atoms with Crippen molar-refractivity contribution in [2.45, 2.75) is 20.0 Å². The molecule has 140 valence electrons. The van der Waals surface area contributed by atoms with Gasteiger partial charge in [-0.15, -0.1) is 0 Å². The molecule has 1 atom stereocenters. The summed E-state index contributed by atoms with van der Waals surface area (Å²) in [6, 6.07) is 13.1. The molecule has 7 heteroatoms. The quantitative estimate of drug-likeness (QED) is 0.658. The Bertz CT molecular complexity index is 888. The molecule has 0 aliphatic carbocycles. The van der Waals surface area contributed by atoms with Crippen molar-refractivity contribution in [3.8, 4) is 17.3 Å². The largest absolute Gasteiger partial charge is 0.497 e. The Hall–Kier alpha value is -3.35. The summed E-state index contributed by atoms with van der Waals surface area (Å²) >= 11 is 0. The number of aromatic nitrogens is 3. The van der Waals surface area contributed by atoms with Gasteiger partial charge in [0.25, 0.3) is 0 Å². The van der Waals surface area contributed by atoms with Crippen molar-refractivity contribution in [2.75, 3.05) is 7.11 Å². The van der Waals surface area contributed by atoms with Gasteiger partial charge < -0.3 is 14.6 Å². The molecule has 0 saturated carbocycles. The number of methoxy groups -OCH3 is 1. The molecule has 2 heterocycles. The van der Waals surface area contributed by atoms with Gasteiger partial charge in [-0.1, -0.05) is 19.1 Å². The first-order valence-electron chi connectivity index (χ1n) is 8.54. The first kappa shape index (κ1) is 18.4. The lowest BCUT2D eigenvalue weighted by Gasteiger charge is -2.08. The van der Waals surface area contributed by atoms with E-state index >= 15 is 0 Å². The van der Waals surface area contributed by atoms with E-state index in [9.17, 15) is 4.79 Å². The Kier molecular flexibility index (Phi) is 5.71. The fourth-order valence-corrected chi connectivity index (χ4v) is 2.48. The number of hydrogen-bond donors (Lipinski definition) is 1. The molecule has 1 unspecified atom stereocenters. The molecule has 0 radical (unpaired) electrons. The molecular weight excluding hydrogens is 346 g/mol. The van der Waals surface area contributed by atoms with Crippen molar-refractivity contribution in [1.82, 2.24) is 14.8 Å². The maximum absolute atomic E-state index is 10.9. The third-order valence-electron chi connectivity index (χ3n) is 4.10. The Balaban J connectivity index is 1.59. The molecule has 3 rings (SSSR count). The van der Waals surface area contributed by atoms with Gasteiger partial charge in [0, 0.05) is 12.6 Å². The highest BCUT2D eigenvalue weighted by atomic mass is 16.5. The minimum absolute atomic E-state index is 0.380. The Labute approximate surface area is 157 Å². The molecule has 0 aliphatic rings. The van der Waals surface area contributed by atoms with Crippen LogP contribution >= 0.6 is 0 Å². The van der Waals surface area contributed by atoms with Gasteiger partial charge in [0.2, 0.25) is 0 Å². The van der Waals surface area contributed by atoms with Gasteiger partial charge >= 0.3 is 5.97 Å². The summed E-state index contributed by atoms with van der Waals surface area (Å²) in [5.74, 6) is 0.791. The van der Waals surface area contributed by atoms with Crippen molar-refractivity contribution in [3.05, 3.63) is 66.1 Å². The molecule has 0 spiro atoms. The lowest BCUT2D eigenvalue weighted by molar-refractivity contribution is -0.141. The highest BCUT2D eigenvalue weighted by molar-refractivity contribution is 5.69. The number of carbonyl (C=O) groups is 1. The molecule has 0 amide bonds. The van der Waals surface area contributed by atoms with E-state index in [-0.39, 0.29) is 0 Å². The zero-order valence-corrected chi connectivity index (χ0v) is 15.2. The number of carboxylic acids is 1. The van der Waals surface area contributed by atoms with Gasteiger partial charge in [-0.05, 0) is 35.9 Å². The van der Waals surface area contributed by atoms with Crippen LogP contribution in [0.3, 0.4) is 0 Å². The number of carboxylic acid groups (broad SMARTS) is 1. The maximum atomic E-state index is 10.9. The molecule has 27 heavy (non-hydrogen) atoms. The maximum Gasteiger partial charge on any atom is 0.306 e. The average molecular weight is 367 g/mol. The number of aliphatic carboxylic acids is 1. The zero-order valence-electron chi connectivity index (χ0n) is 15.2. The van der Waals surface area contributed by atoms with Gasteiger partial charge in [-0.2, -0.15) is 5.10 Å². The second kappa shape index (κ2) is 8.35. The average Bonchev–Trinajstić information content (AvgIpc) is 3.15. The summed E-state index contributed by atoms with van der Waals surface area (Å²) in [6.45, 7) is 2.10. The van der Waals surface area contributed by atoms with E-state index in [1.165, 1.54) is 0 Å². The minimum atomic E-state index is -0.832. The predicted octanol–water partition coefficient (Wildman–Crippen LogP) is 3.12. The molecule has 0 aliphatic heterocycles. The van der Waals surface area contributed by atoms with Crippen molar-refractivity contribution in [3.63, 3.8) is 0 Å². The van der Waals surface area contributed by atoms with Gasteiger partial charge in [0.05, 0.1) is 24.9 Å². The fourth-order valence-electron chi connectivity index (χ4n) is 2.48. The van der Waals surface area contributed by atoms with E-state index in [1.807, 2.05) is 30.3 Å². The lowest BCUT2D eigenvalue weighted by atomic mass is 10.1. The second-order valence-corrected chi connectivity index (χ2v) is 6.18. The van der Waals surface area contributed by atoms with Crippen LogP contribution in [-0.2, 0) is 17.8 Å². The summed E-state index contributed by atoms with van der Waals surface area (Å²) in [4.78, 5) is 15.3. The van der Waals surface area contributed by atoms with Gasteiger partial charge in [-0.25, -0.2) is 9.67 Å². The van der Waals surface area contributed by atoms with Crippen molar-refractivity contribution in [1.29, 1.82) is 0 Å². The van der Waals surface area contributed by atoms with Crippen molar-refractivity contribution < 1.29 is 19.4 Å². The molecule has 1 N–H and O–H groups in total. The van der Waals surface area contributed by atoms with Crippen LogP contribution in [-0.4, -0.2) is 33.0 Å². The molecule has 0 bridgehead atoms. The molecule has 3 aromatic rings. The monoisotopic (exact) mass is 367 g/mol. The minimum Gasteiger partial charge on any atom is -0.497 e. The third kappa shape index (κ3) is 4.84. The van der Waals surface area contributed by atoms with E-state index in [0.717, 1.165) is 11.3 Å². The molecule has 0 saturated heterocycles. The van der Waals surface area contributed by atoms with E-state index < -0.39 is 11.9 Å². The third-order valence-corrected chi connectivity index (χ3v) is 4.10. The van der Waals surface area contributed by atoms with Gasteiger partial charge in [0.15, 0.2) is 5.82 Å². The Morgan fingerprint density at radius 3 is 2.52 bits per heavy atom. The summed E-state index contributed by atoms with van der Waals surface area (Å²) in [5.41, 5.74) is 1.75. The summed E-state index contributed by atoms with van der Waals surface area (Å²) in [6.07, 6.45) is 3.79. The van der Waals surface area contributed by atoms with E-state index in [0.29, 0.717) is 30.3 Å². The molecule has 1 aromatic carbocycles. The molecular formula is C20H21N3O4. The molecule has 7 nitrogen and oxygen atoms in total. The van der Waals surface area contributed by atoms with Crippen molar-refractivity contribution in [2.24, 2.45) is 5.92 Å². The van der Waals surface area contributed by atoms with E-state index in [2.05, 4.69) is 10.1 Å². The fraction of sp³-hybridized carbons (Fsp3) is 0.250. The van der Waals surface area contributed by atoms with Gasteiger partial charge in [0.1, 0.15) is 18.1 Å². The van der Waals surface area contributed by atoms with Gasteiger partial charge in [-0.3, -0.25) is 4.79 Å². The SMILES string of the molecule is COc1ccc(COc2ccc(-n3ccc(CC(C)C(=O)O)n3)nc2)cc1. The van der Waals surface area contributed by atoms with Crippen LogP contribution in [0.1, 0.15) is 18.2 Å². The summed E-state index contributed by atoms with van der Waals surface area (Å²) in [7, 11) is 1.63. The summed E-state index contributed by atoms with van der Waals surface area (Å²) < 4.78 is 12.5. The van der Waals surface area contributed by atoms with E-state index in [1.54, 1.807) is 43.2 Å². The van der Waals surface area contributed by atoms with Crippen LogP contribution in [0.4, 0.5) is 0 Å². The Morgan fingerprint density at radius 1 is 1.15 bits per heavy atom. The first-order chi connectivity index (χ1) is 13.0. The highest BCUT2D eigenvalue weighted by Gasteiger charge is 2.13. The van der Waals surface area contributed by atoms with Crippen molar-refractivity contribution >= 4 is 5.97 Å². The van der Waals surface area contributed by atoms with Crippen LogP contribution in [0.15, 0.2) is 54.9 Å². The first-order valence-corrected chi connectivity index (χ1v) is 8.54. The number of nitrogens with zero attached hydrogens (tertiary/aromatic N) is 3. The van der Waals surface area contributed by atoms with Crippen LogP contribution in [0, 0.1) is 5.92 Å². The topological polar surface area (TPSA) is 86.5 Å². The number of pyridine rings is 1. The number of ether oxygens (including phenoxy) is 2. The van der Waals surface area contributed by atoms with Crippen LogP contribution in [0.2, 0.25) is 0 Å². The lowest BCUT2D eigenvalue weighted by Crippen LogP contribution is -2.12. The standard InChI is InChI=1S/C20H21N3O4/c1-14(20(24)25)11-16-9-10-23(22-16)19-8-7-18(12-21-19)27-13-15-3-5-17(26-2)6-4-15/h3-10,12,14H,11,13H2,1-2H3,(H,24,25). The van der Waals surface area contributed by atoms with E-state index in [4.69, 9.17) is 14.6 Å². The predicted molar refractivity (Wildman–Crippen MR) is 99.2 cm³/mol. The molecule has 2 aromatic heterocycles. The van der Waals surface area contributed by atoms with Crippen LogP contribution < -0.4 is 9.47 Å². The Morgan fingerprint density at radius 2 is 1.89 bits per heavy atom. The number of hydrogen-bond acceptors (Lipinski definition) is 5. The highest BCUT2D eigenvalue weighted by Crippen LogP contribution is 2.16. The second-order valence-electron chi connectivity index (χ2n) is 6.18. The number of rotatable bonds is 8. The molecule has 0 fully saturated rings. The normalized spacial score (nSPS) is 11.8. The zero-order chi connectivity index (χ0) is 19.2.